The van der Waals surface area contributed by atoms with E-state index in [1.54, 1.807) is 18.3 Å². The summed E-state index contributed by atoms with van der Waals surface area (Å²) >= 11 is 3.14. The molecule has 2 aromatic rings. The molecule has 19 heavy (non-hydrogen) atoms. The topological polar surface area (TPSA) is 48.7 Å². The number of benzene rings is 1. The van der Waals surface area contributed by atoms with Crippen molar-refractivity contribution >= 4 is 21.6 Å². The lowest BCUT2D eigenvalue weighted by atomic mass is 10.1. The van der Waals surface area contributed by atoms with E-state index in [4.69, 9.17) is 5.26 Å². The van der Waals surface area contributed by atoms with Gasteiger partial charge in [0.25, 0.3) is 0 Å². The molecular formula is C14H11BrFN3. The summed E-state index contributed by atoms with van der Waals surface area (Å²) in [4.78, 5) is 3.98. The second-order valence-corrected chi connectivity index (χ2v) is 4.91. The molecule has 0 amide bonds. The molecule has 0 fully saturated rings. The molecule has 0 saturated heterocycles. The van der Waals surface area contributed by atoms with Gasteiger partial charge < -0.3 is 5.32 Å². The summed E-state index contributed by atoms with van der Waals surface area (Å²) in [5.74, 6) is -0.320. The van der Waals surface area contributed by atoms with Crippen molar-refractivity contribution < 1.29 is 4.39 Å². The van der Waals surface area contributed by atoms with Gasteiger partial charge in [0.15, 0.2) is 0 Å². The number of nitrogens with zero attached hydrogens (tertiary/aromatic N) is 2. The van der Waals surface area contributed by atoms with Gasteiger partial charge >= 0.3 is 0 Å². The number of aromatic nitrogens is 1. The molecule has 3 nitrogen and oxygen atoms in total. The lowest BCUT2D eigenvalue weighted by Crippen LogP contribution is -2.04. The van der Waals surface area contributed by atoms with Gasteiger partial charge in [-0.3, -0.25) is 0 Å². The van der Waals surface area contributed by atoms with Gasteiger partial charge in [0, 0.05) is 24.0 Å². The molecule has 1 aromatic heterocycles. The average Bonchev–Trinajstić information content (AvgIpc) is 2.41. The molecular weight excluding hydrogens is 309 g/mol. The maximum atomic E-state index is 13.5. The van der Waals surface area contributed by atoms with Gasteiger partial charge in [0.05, 0.1) is 4.47 Å². The predicted molar refractivity (Wildman–Crippen MR) is 75.1 cm³/mol. The fraction of sp³-hybridized carbons (Fsp3) is 0.143. The summed E-state index contributed by atoms with van der Waals surface area (Å²) in [6.45, 7) is 2.32. The van der Waals surface area contributed by atoms with Gasteiger partial charge in [0.1, 0.15) is 17.6 Å². The maximum Gasteiger partial charge on any atom is 0.145 e. The number of rotatable bonds is 3. The number of hydrogen-bond acceptors (Lipinski definition) is 3. The molecule has 5 heteroatoms. The first kappa shape index (κ1) is 13.5. The third kappa shape index (κ3) is 3.09. The van der Waals surface area contributed by atoms with Crippen LogP contribution in [0.2, 0.25) is 0 Å². The van der Waals surface area contributed by atoms with Gasteiger partial charge in [0.2, 0.25) is 0 Å². The van der Waals surface area contributed by atoms with E-state index in [-0.39, 0.29) is 5.82 Å². The Morgan fingerprint density at radius 1 is 1.47 bits per heavy atom. The van der Waals surface area contributed by atoms with Gasteiger partial charge in [-0.05, 0) is 46.6 Å². The van der Waals surface area contributed by atoms with Crippen LogP contribution in [-0.2, 0) is 6.54 Å². The van der Waals surface area contributed by atoms with E-state index < -0.39 is 0 Å². The van der Waals surface area contributed by atoms with Crippen molar-refractivity contribution in [3.05, 3.63) is 57.6 Å². The Morgan fingerprint density at radius 2 is 2.26 bits per heavy atom. The Kier molecular flexibility index (Phi) is 4.13. The van der Waals surface area contributed by atoms with E-state index in [9.17, 15) is 4.39 Å². The van der Waals surface area contributed by atoms with Crippen LogP contribution < -0.4 is 5.32 Å². The summed E-state index contributed by atoms with van der Waals surface area (Å²) in [7, 11) is 0. The third-order valence-corrected chi connectivity index (χ3v) is 3.34. The summed E-state index contributed by atoms with van der Waals surface area (Å²) < 4.78 is 13.9. The number of aryl methyl sites for hydroxylation is 1. The molecule has 0 aliphatic rings. The minimum absolute atomic E-state index is 0.320. The summed E-state index contributed by atoms with van der Waals surface area (Å²) in [6, 6.07) is 8.77. The predicted octanol–water partition coefficient (Wildman–Crippen LogP) is 3.78. The summed E-state index contributed by atoms with van der Waals surface area (Å²) in [5.41, 5.74) is 2.79. The van der Waals surface area contributed by atoms with Gasteiger partial charge in [-0.25, -0.2) is 9.37 Å². The maximum absolute atomic E-state index is 13.5. The average molecular weight is 320 g/mol. The Bertz CT molecular complexity index is 650. The molecule has 0 aliphatic carbocycles. The van der Waals surface area contributed by atoms with Gasteiger partial charge in [-0.1, -0.05) is 6.07 Å². The van der Waals surface area contributed by atoms with Crippen molar-refractivity contribution in [1.29, 1.82) is 5.26 Å². The zero-order valence-electron chi connectivity index (χ0n) is 10.2. The largest absolute Gasteiger partial charge is 0.381 e. The van der Waals surface area contributed by atoms with Crippen molar-refractivity contribution in [3.63, 3.8) is 0 Å². The van der Waals surface area contributed by atoms with Crippen LogP contribution in [-0.4, -0.2) is 4.98 Å². The quantitative estimate of drug-likeness (QED) is 0.936. The lowest BCUT2D eigenvalue weighted by molar-refractivity contribution is 0.621. The number of nitrogens with one attached hydrogen (secondary N) is 1. The first-order valence-electron chi connectivity index (χ1n) is 5.65. The summed E-state index contributed by atoms with van der Waals surface area (Å²) in [5, 5.41) is 12.1. The molecule has 96 valence electrons. The minimum Gasteiger partial charge on any atom is -0.381 e. The molecule has 1 heterocycles. The SMILES string of the molecule is Cc1cc(Br)c(F)cc1NCc1cccnc1C#N. The Morgan fingerprint density at radius 3 is 3.00 bits per heavy atom. The van der Waals surface area contributed by atoms with Crippen LogP contribution in [0, 0.1) is 24.1 Å². The number of halogens is 2. The molecule has 0 radical (unpaired) electrons. The van der Waals surface area contributed by atoms with E-state index in [1.165, 1.54) is 6.07 Å². The van der Waals surface area contributed by atoms with Crippen molar-refractivity contribution in [3.8, 4) is 6.07 Å². The molecule has 0 atom stereocenters. The highest BCUT2D eigenvalue weighted by atomic mass is 79.9. The van der Waals surface area contributed by atoms with E-state index in [0.717, 1.165) is 11.1 Å². The standard InChI is InChI=1S/C14H11BrFN3/c1-9-5-11(15)12(16)6-13(9)19-8-10-3-2-4-18-14(10)7-17/h2-6,19H,8H2,1H3. The molecule has 0 aliphatic heterocycles. The second-order valence-electron chi connectivity index (χ2n) is 4.06. The van der Waals surface area contributed by atoms with Crippen LogP contribution >= 0.6 is 15.9 Å². The first-order valence-corrected chi connectivity index (χ1v) is 6.44. The van der Waals surface area contributed by atoms with Gasteiger partial charge in [-0.2, -0.15) is 5.26 Å². The molecule has 0 bridgehead atoms. The number of nitriles is 1. The fourth-order valence-electron chi connectivity index (χ4n) is 1.71. The van der Waals surface area contributed by atoms with Crippen molar-refractivity contribution in [2.45, 2.75) is 13.5 Å². The van der Waals surface area contributed by atoms with Crippen LogP contribution in [0.3, 0.4) is 0 Å². The first-order chi connectivity index (χ1) is 9.11. The van der Waals surface area contributed by atoms with Crippen LogP contribution in [0.4, 0.5) is 10.1 Å². The monoisotopic (exact) mass is 319 g/mol. The van der Waals surface area contributed by atoms with Crippen LogP contribution in [0.15, 0.2) is 34.9 Å². The van der Waals surface area contributed by atoms with Crippen molar-refractivity contribution in [1.82, 2.24) is 4.98 Å². The molecule has 0 unspecified atom stereocenters. The fourth-order valence-corrected chi connectivity index (χ4v) is 2.17. The molecule has 1 aromatic carbocycles. The van der Waals surface area contributed by atoms with E-state index >= 15 is 0 Å². The van der Waals surface area contributed by atoms with E-state index in [0.29, 0.717) is 22.4 Å². The zero-order valence-corrected chi connectivity index (χ0v) is 11.8. The Labute approximate surface area is 119 Å². The normalized spacial score (nSPS) is 10.0. The minimum atomic E-state index is -0.320. The highest BCUT2D eigenvalue weighted by Crippen LogP contribution is 2.24. The summed E-state index contributed by atoms with van der Waals surface area (Å²) in [6.07, 6.45) is 1.58. The smallest absolute Gasteiger partial charge is 0.145 e. The van der Waals surface area contributed by atoms with Gasteiger partial charge in [-0.15, -0.1) is 0 Å². The number of anilines is 1. The zero-order chi connectivity index (χ0) is 13.8. The van der Waals surface area contributed by atoms with Crippen LogP contribution in [0.5, 0.6) is 0 Å². The Balaban J connectivity index is 2.20. The Hall–Kier alpha value is -1.93. The van der Waals surface area contributed by atoms with Crippen molar-refractivity contribution in [2.75, 3.05) is 5.32 Å². The molecule has 0 spiro atoms. The van der Waals surface area contributed by atoms with Crippen LogP contribution in [0.25, 0.3) is 0 Å². The highest BCUT2D eigenvalue weighted by molar-refractivity contribution is 9.10. The van der Waals surface area contributed by atoms with Crippen molar-refractivity contribution in [2.24, 2.45) is 0 Å². The van der Waals surface area contributed by atoms with Crippen LogP contribution in [0.1, 0.15) is 16.8 Å². The molecule has 0 saturated carbocycles. The number of pyridine rings is 1. The molecule has 1 N–H and O–H groups in total. The second kappa shape index (κ2) is 5.81. The highest BCUT2D eigenvalue weighted by Gasteiger charge is 2.07. The molecule has 2 rings (SSSR count). The lowest BCUT2D eigenvalue weighted by Gasteiger charge is -2.11. The van der Waals surface area contributed by atoms with E-state index in [2.05, 4.69) is 26.2 Å². The third-order valence-electron chi connectivity index (χ3n) is 2.73. The van der Waals surface area contributed by atoms with E-state index in [1.807, 2.05) is 19.1 Å². The number of hydrogen-bond donors (Lipinski definition) is 1.